The number of piperazine rings is 1. The summed E-state index contributed by atoms with van der Waals surface area (Å²) in [4.78, 5) is 29.3. The van der Waals surface area contributed by atoms with Crippen molar-refractivity contribution in [2.45, 2.75) is 12.5 Å². The van der Waals surface area contributed by atoms with Crippen molar-refractivity contribution in [3.05, 3.63) is 53.9 Å². The van der Waals surface area contributed by atoms with Gasteiger partial charge in [0.2, 0.25) is 5.91 Å². The Bertz CT molecular complexity index is 933. The van der Waals surface area contributed by atoms with Crippen LogP contribution in [0, 0.1) is 11.3 Å². The average Bonchev–Trinajstić information content (AvgIpc) is 3.21. The van der Waals surface area contributed by atoms with Gasteiger partial charge in [0, 0.05) is 46.5 Å². The fourth-order valence-electron chi connectivity index (χ4n) is 3.64. The number of aryl methyl sites for hydroxylation is 1. The summed E-state index contributed by atoms with van der Waals surface area (Å²) >= 11 is 0. The molecule has 0 aliphatic carbocycles. The lowest BCUT2D eigenvalue weighted by atomic mass is 10.1. The highest BCUT2D eigenvalue weighted by molar-refractivity contribution is 5.96. The number of rotatable bonds is 7. The number of hydrogen-bond donors (Lipinski definition) is 1. The molecule has 0 saturated carbocycles. The molecule has 0 radical (unpaired) electrons. The molecule has 1 aliphatic heterocycles. The Balaban J connectivity index is 1.54. The van der Waals surface area contributed by atoms with Crippen LogP contribution in [0.25, 0.3) is 0 Å². The third kappa shape index (κ3) is 4.99. The molecule has 1 unspecified atom stereocenters. The van der Waals surface area contributed by atoms with Crippen LogP contribution in [0.15, 0.2) is 42.6 Å². The molecule has 1 aliphatic rings. The highest BCUT2D eigenvalue weighted by atomic mass is 16.5. The summed E-state index contributed by atoms with van der Waals surface area (Å²) in [6.45, 7) is 2.96. The maximum atomic E-state index is 13.0. The lowest BCUT2D eigenvalue weighted by Crippen LogP contribution is -2.60. The Morgan fingerprint density at radius 1 is 1.27 bits per heavy atom. The van der Waals surface area contributed by atoms with E-state index in [9.17, 15) is 9.59 Å². The Morgan fingerprint density at radius 3 is 2.80 bits per heavy atom. The molecule has 0 spiro atoms. The zero-order chi connectivity index (χ0) is 21.5. The first kappa shape index (κ1) is 21.4. The third-order valence-corrected chi connectivity index (χ3v) is 5.29. The van der Waals surface area contributed by atoms with E-state index < -0.39 is 6.04 Å². The molecule has 1 atom stereocenters. The Labute approximate surface area is 176 Å². The van der Waals surface area contributed by atoms with E-state index in [-0.39, 0.29) is 11.8 Å². The van der Waals surface area contributed by atoms with Crippen LogP contribution in [0.5, 0.6) is 5.75 Å². The Hall–Kier alpha value is -3.31. The molecule has 2 amide bonds. The quantitative estimate of drug-likeness (QED) is 0.695. The number of nitrogens with zero attached hydrogens (tertiary/aromatic N) is 4. The van der Waals surface area contributed by atoms with Crippen LogP contribution >= 0.6 is 0 Å². The number of carbonyl (C=O) groups excluding carboxylic acids is 2. The minimum absolute atomic E-state index is 0.128. The summed E-state index contributed by atoms with van der Waals surface area (Å²) in [6, 6.07) is 12.2. The van der Waals surface area contributed by atoms with Crippen LogP contribution in [-0.4, -0.2) is 72.1 Å². The van der Waals surface area contributed by atoms with E-state index in [4.69, 9.17) is 10.00 Å². The molecule has 30 heavy (non-hydrogen) atoms. The van der Waals surface area contributed by atoms with Gasteiger partial charge in [0.05, 0.1) is 18.2 Å². The minimum Gasteiger partial charge on any atom is -0.494 e. The SMILES string of the molecule is CNC(=O)C1CN(CCCOc2cccc(C#N)c2)CCN1C(=O)c1cccn1C. The molecule has 1 fully saturated rings. The predicted octanol–water partition coefficient (Wildman–Crippen LogP) is 1.24. The molecule has 8 heteroatoms. The number of aromatic nitrogens is 1. The van der Waals surface area contributed by atoms with Crippen LogP contribution in [-0.2, 0) is 11.8 Å². The molecule has 1 N–H and O–H groups in total. The second-order valence-electron chi connectivity index (χ2n) is 7.28. The fraction of sp³-hybridized carbons (Fsp3) is 0.409. The van der Waals surface area contributed by atoms with Crippen molar-refractivity contribution in [3.63, 3.8) is 0 Å². The van der Waals surface area contributed by atoms with E-state index in [2.05, 4.69) is 16.3 Å². The molecule has 1 aromatic carbocycles. The van der Waals surface area contributed by atoms with Gasteiger partial charge in [-0.2, -0.15) is 5.26 Å². The van der Waals surface area contributed by atoms with Crippen molar-refractivity contribution >= 4 is 11.8 Å². The number of likely N-dealkylation sites (N-methyl/N-ethyl adjacent to an activating group) is 1. The van der Waals surface area contributed by atoms with Gasteiger partial charge in [-0.15, -0.1) is 0 Å². The summed E-state index contributed by atoms with van der Waals surface area (Å²) in [5.74, 6) is 0.388. The lowest BCUT2D eigenvalue weighted by molar-refractivity contribution is -0.127. The minimum atomic E-state index is -0.528. The molecule has 2 aromatic rings. The van der Waals surface area contributed by atoms with Gasteiger partial charge in [0.1, 0.15) is 17.5 Å². The van der Waals surface area contributed by atoms with Gasteiger partial charge >= 0.3 is 0 Å². The predicted molar refractivity (Wildman–Crippen MR) is 112 cm³/mol. The smallest absolute Gasteiger partial charge is 0.271 e. The molecular formula is C22H27N5O3. The largest absolute Gasteiger partial charge is 0.494 e. The van der Waals surface area contributed by atoms with Crippen LogP contribution in [0.3, 0.4) is 0 Å². The Kier molecular flexibility index (Phi) is 7.09. The van der Waals surface area contributed by atoms with Gasteiger partial charge in [-0.25, -0.2) is 0 Å². The number of carbonyl (C=O) groups is 2. The van der Waals surface area contributed by atoms with E-state index in [1.807, 2.05) is 25.4 Å². The van der Waals surface area contributed by atoms with Crippen LogP contribution in [0.1, 0.15) is 22.5 Å². The monoisotopic (exact) mass is 409 g/mol. The van der Waals surface area contributed by atoms with Crippen LogP contribution in [0.4, 0.5) is 0 Å². The number of benzene rings is 1. The standard InChI is InChI=1S/C22H27N5O3/c1-24-21(28)20-16-26(10-5-13-30-18-7-3-6-17(14-18)15-23)11-12-27(20)22(29)19-8-4-9-25(19)2/h3-4,6-9,14,20H,5,10-13,16H2,1-2H3,(H,24,28). The van der Waals surface area contributed by atoms with E-state index >= 15 is 0 Å². The normalized spacial score (nSPS) is 16.7. The van der Waals surface area contributed by atoms with Gasteiger partial charge in [-0.3, -0.25) is 14.5 Å². The maximum Gasteiger partial charge on any atom is 0.271 e. The number of nitriles is 1. The van der Waals surface area contributed by atoms with E-state index in [1.165, 1.54) is 0 Å². The lowest BCUT2D eigenvalue weighted by Gasteiger charge is -2.40. The first-order chi connectivity index (χ1) is 14.5. The molecule has 3 rings (SSSR count). The summed E-state index contributed by atoms with van der Waals surface area (Å²) in [6.07, 6.45) is 2.60. The number of hydrogen-bond acceptors (Lipinski definition) is 5. The second kappa shape index (κ2) is 9.94. The first-order valence-corrected chi connectivity index (χ1v) is 10.0. The number of nitrogens with one attached hydrogen (secondary N) is 1. The second-order valence-corrected chi connectivity index (χ2v) is 7.28. The van der Waals surface area contributed by atoms with Crippen molar-refractivity contribution in [1.29, 1.82) is 5.26 Å². The first-order valence-electron chi connectivity index (χ1n) is 10.0. The molecule has 8 nitrogen and oxygen atoms in total. The van der Waals surface area contributed by atoms with Crippen LogP contribution in [0.2, 0.25) is 0 Å². The fourth-order valence-corrected chi connectivity index (χ4v) is 3.64. The highest BCUT2D eigenvalue weighted by Gasteiger charge is 2.35. The zero-order valence-corrected chi connectivity index (χ0v) is 17.4. The topological polar surface area (TPSA) is 90.6 Å². The van der Waals surface area contributed by atoms with Crippen molar-refractivity contribution in [1.82, 2.24) is 19.7 Å². The maximum absolute atomic E-state index is 13.0. The molecule has 0 bridgehead atoms. The number of ether oxygens (including phenoxy) is 1. The highest BCUT2D eigenvalue weighted by Crippen LogP contribution is 2.16. The molecular weight excluding hydrogens is 382 g/mol. The third-order valence-electron chi connectivity index (χ3n) is 5.29. The van der Waals surface area contributed by atoms with Crippen molar-refractivity contribution in [3.8, 4) is 11.8 Å². The van der Waals surface area contributed by atoms with E-state index in [0.29, 0.717) is 43.2 Å². The van der Waals surface area contributed by atoms with Gasteiger partial charge in [-0.1, -0.05) is 6.07 Å². The average molecular weight is 409 g/mol. The van der Waals surface area contributed by atoms with Crippen molar-refractivity contribution < 1.29 is 14.3 Å². The number of amides is 2. The van der Waals surface area contributed by atoms with Crippen molar-refractivity contribution in [2.24, 2.45) is 7.05 Å². The van der Waals surface area contributed by atoms with E-state index in [0.717, 1.165) is 13.0 Å². The Morgan fingerprint density at radius 2 is 2.10 bits per heavy atom. The van der Waals surface area contributed by atoms with Gasteiger partial charge in [0.25, 0.3) is 5.91 Å². The van der Waals surface area contributed by atoms with Gasteiger partial charge in [0.15, 0.2) is 0 Å². The molecule has 1 aromatic heterocycles. The summed E-state index contributed by atoms with van der Waals surface area (Å²) in [5, 5.41) is 11.6. The molecule has 158 valence electrons. The van der Waals surface area contributed by atoms with Crippen molar-refractivity contribution in [2.75, 3.05) is 39.8 Å². The summed E-state index contributed by atoms with van der Waals surface area (Å²) < 4.78 is 7.50. The zero-order valence-electron chi connectivity index (χ0n) is 17.4. The molecule has 1 saturated heterocycles. The van der Waals surface area contributed by atoms with Gasteiger partial charge in [-0.05, 0) is 36.8 Å². The summed E-state index contributed by atoms with van der Waals surface area (Å²) in [5.41, 5.74) is 1.14. The molecule has 2 heterocycles. The van der Waals surface area contributed by atoms with Crippen LogP contribution < -0.4 is 10.1 Å². The van der Waals surface area contributed by atoms with E-state index in [1.54, 1.807) is 40.8 Å². The summed E-state index contributed by atoms with van der Waals surface area (Å²) in [7, 11) is 3.42. The van der Waals surface area contributed by atoms with Gasteiger partial charge < -0.3 is 19.5 Å².